The lowest BCUT2D eigenvalue weighted by molar-refractivity contribution is -0.221. The molecular formula is C43H64N2O4S. The van der Waals surface area contributed by atoms with Crippen LogP contribution in [0.25, 0.3) is 5.57 Å². The van der Waals surface area contributed by atoms with Crippen LogP contribution in [0.3, 0.4) is 0 Å². The van der Waals surface area contributed by atoms with E-state index in [0.29, 0.717) is 46.9 Å². The Morgan fingerprint density at radius 1 is 0.860 bits per heavy atom. The molecule has 1 heterocycles. The fourth-order valence-electron chi connectivity index (χ4n) is 14.4. The Hall–Kier alpha value is -1.70. The van der Waals surface area contributed by atoms with Crippen molar-refractivity contribution in [2.24, 2.45) is 57.2 Å². The van der Waals surface area contributed by atoms with E-state index in [9.17, 15) is 13.2 Å². The summed E-state index contributed by atoms with van der Waals surface area (Å²) in [4.78, 5) is 14.5. The molecule has 6 fully saturated rings. The van der Waals surface area contributed by atoms with Crippen molar-refractivity contribution in [3.63, 3.8) is 0 Å². The molecule has 1 aliphatic heterocycles. The van der Waals surface area contributed by atoms with Gasteiger partial charge in [-0.25, -0.2) is 13.2 Å². The van der Waals surface area contributed by atoms with Crippen molar-refractivity contribution in [1.82, 2.24) is 10.2 Å². The third-order valence-electron chi connectivity index (χ3n) is 17.2. The van der Waals surface area contributed by atoms with E-state index in [-0.39, 0.29) is 22.3 Å². The van der Waals surface area contributed by atoms with E-state index in [1.54, 1.807) is 0 Å². The number of carbonyl (C=O) groups excluding carboxylic acids is 1. The van der Waals surface area contributed by atoms with Crippen molar-refractivity contribution in [3.05, 3.63) is 41.5 Å². The molecule has 0 spiro atoms. The van der Waals surface area contributed by atoms with Gasteiger partial charge in [0.15, 0.2) is 9.84 Å². The number of ether oxygens (including phenoxy) is 1. The first kappa shape index (κ1) is 35.3. The fraction of sp³-hybridized carbons (Fsp3) is 0.791. The Balaban J connectivity index is 1.05. The average molecular weight is 705 g/mol. The highest BCUT2D eigenvalue weighted by Gasteiger charge is 2.71. The molecule has 0 bridgehead atoms. The number of rotatable bonds is 7. The largest absolute Gasteiger partial charge is 0.465 e. The summed E-state index contributed by atoms with van der Waals surface area (Å²) >= 11 is 0. The highest BCUT2D eigenvalue weighted by molar-refractivity contribution is 7.91. The van der Waals surface area contributed by atoms with E-state index in [4.69, 9.17) is 4.74 Å². The normalized spacial score (nSPS) is 43.5. The van der Waals surface area contributed by atoms with Gasteiger partial charge in [0, 0.05) is 31.7 Å². The van der Waals surface area contributed by atoms with Crippen LogP contribution >= 0.6 is 0 Å². The number of carbonyl (C=O) groups is 1. The summed E-state index contributed by atoms with van der Waals surface area (Å²) in [7, 11) is -1.39. The van der Waals surface area contributed by atoms with Crippen molar-refractivity contribution in [1.29, 1.82) is 0 Å². The number of nitrogens with one attached hydrogen (secondary N) is 1. The Labute approximate surface area is 302 Å². The SMILES string of the molecule is COC(=O)c1ccc(C2=CC[C@]3(C)[C@H]4CC[C@@H]5[C@H]6[C@H](C7CC7)CC[C@]6(NCCN6CCS(=O)(=O)CC6)CC[C@@]5(C)[C@]4(C)CC[C@H]3C2(C)C)cc1. The zero-order valence-corrected chi connectivity index (χ0v) is 32.7. The molecular weight excluding hydrogens is 641 g/mol. The summed E-state index contributed by atoms with van der Waals surface area (Å²) in [5.74, 6) is 5.12. The Bertz CT molecular complexity index is 1620. The number of allylic oxidation sites excluding steroid dienone is 2. The average Bonchev–Trinajstić information content (AvgIpc) is 3.86. The molecule has 9 atom stereocenters. The summed E-state index contributed by atoms with van der Waals surface area (Å²) in [5.41, 5.74) is 4.62. The summed E-state index contributed by atoms with van der Waals surface area (Å²) in [6.45, 7) is 16.6. The number of benzene rings is 1. The first-order valence-corrected chi connectivity index (χ1v) is 22.1. The molecule has 1 aromatic carbocycles. The molecule has 0 unspecified atom stereocenters. The maximum atomic E-state index is 12.1. The minimum absolute atomic E-state index is 0.0611. The van der Waals surface area contributed by atoms with E-state index in [2.05, 4.69) is 63.0 Å². The molecule has 6 aliphatic carbocycles. The van der Waals surface area contributed by atoms with Crippen molar-refractivity contribution in [3.8, 4) is 0 Å². The van der Waals surface area contributed by atoms with Crippen LogP contribution in [0.4, 0.5) is 0 Å². The monoisotopic (exact) mass is 704 g/mol. The molecule has 8 rings (SSSR count). The third kappa shape index (κ3) is 5.35. The number of hydrogen-bond donors (Lipinski definition) is 1. The van der Waals surface area contributed by atoms with Crippen LogP contribution in [0.5, 0.6) is 0 Å². The first-order chi connectivity index (χ1) is 23.7. The molecule has 1 N–H and O–H groups in total. The summed E-state index contributed by atoms with van der Waals surface area (Å²) in [6, 6.07) is 8.14. The minimum Gasteiger partial charge on any atom is -0.465 e. The number of nitrogens with zero attached hydrogens (tertiary/aromatic N) is 1. The standard InChI is InChI=1S/C43H64N2O4S/c1-39(2)33(30-9-11-31(12-10-30)38(46)49-6)16-18-40(3)35(39)17-19-42(5)36(40)14-13-34-37-32(29-7-8-29)15-20-43(37,22-21-41(34,42)4)44-23-24-45-25-27-50(47,48)28-26-45/h9-12,16,29,32,34-37,44H,7-8,13-15,17-28H2,1-6H3/t32-,34+,35-,36+,37+,40-,41+,42+,43-/m0/s1. The molecule has 7 heteroatoms. The molecule has 1 saturated heterocycles. The molecule has 1 aromatic rings. The van der Waals surface area contributed by atoms with Gasteiger partial charge in [-0.3, -0.25) is 0 Å². The maximum Gasteiger partial charge on any atom is 0.337 e. The number of methoxy groups -OCH3 is 1. The van der Waals surface area contributed by atoms with Crippen molar-refractivity contribution in [2.75, 3.05) is 44.8 Å². The molecule has 5 saturated carbocycles. The van der Waals surface area contributed by atoms with E-state index in [1.165, 1.54) is 82.5 Å². The summed E-state index contributed by atoms with van der Waals surface area (Å²) in [6.07, 6.45) is 17.4. The predicted octanol–water partition coefficient (Wildman–Crippen LogP) is 8.03. The Morgan fingerprint density at radius 2 is 1.58 bits per heavy atom. The maximum absolute atomic E-state index is 12.1. The van der Waals surface area contributed by atoms with Gasteiger partial charge in [-0.05, 0) is 151 Å². The second-order valence-corrected chi connectivity index (χ2v) is 21.7. The summed E-state index contributed by atoms with van der Waals surface area (Å²) < 4.78 is 29.1. The van der Waals surface area contributed by atoms with Gasteiger partial charge in [-0.15, -0.1) is 0 Å². The molecule has 0 aromatic heterocycles. The molecule has 50 heavy (non-hydrogen) atoms. The van der Waals surface area contributed by atoms with Crippen molar-refractivity contribution < 1.29 is 17.9 Å². The van der Waals surface area contributed by atoms with E-state index >= 15 is 0 Å². The van der Waals surface area contributed by atoms with Gasteiger partial charge < -0.3 is 15.0 Å². The summed E-state index contributed by atoms with van der Waals surface area (Å²) in [5, 5.41) is 4.28. The Kier molecular flexibility index (Phi) is 8.60. The van der Waals surface area contributed by atoms with Gasteiger partial charge in [-0.1, -0.05) is 52.8 Å². The predicted molar refractivity (Wildman–Crippen MR) is 201 cm³/mol. The number of sulfone groups is 1. The van der Waals surface area contributed by atoms with Gasteiger partial charge >= 0.3 is 5.97 Å². The van der Waals surface area contributed by atoms with Crippen LogP contribution in [0, 0.1) is 57.2 Å². The van der Waals surface area contributed by atoms with Crippen molar-refractivity contribution in [2.45, 2.75) is 111 Å². The zero-order chi connectivity index (χ0) is 35.3. The lowest BCUT2D eigenvalue weighted by Crippen LogP contribution is -2.68. The van der Waals surface area contributed by atoms with Crippen LogP contribution in [-0.2, 0) is 14.6 Å². The van der Waals surface area contributed by atoms with Crippen molar-refractivity contribution >= 4 is 21.4 Å². The van der Waals surface area contributed by atoms with E-state index < -0.39 is 9.84 Å². The van der Waals surface area contributed by atoms with Crippen LogP contribution in [-0.4, -0.2) is 69.6 Å². The number of fused-ring (bicyclic) bond motifs is 7. The lowest BCUT2D eigenvalue weighted by Gasteiger charge is -2.72. The minimum atomic E-state index is -2.84. The van der Waals surface area contributed by atoms with Gasteiger partial charge in [0.05, 0.1) is 24.2 Å². The number of esters is 1. The van der Waals surface area contributed by atoms with E-state index in [1.807, 2.05) is 12.1 Å². The topological polar surface area (TPSA) is 75.7 Å². The second-order valence-electron chi connectivity index (χ2n) is 19.4. The third-order valence-corrected chi connectivity index (χ3v) is 18.9. The van der Waals surface area contributed by atoms with Gasteiger partial charge in [0.1, 0.15) is 0 Å². The van der Waals surface area contributed by atoms with Gasteiger partial charge in [-0.2, -0.15) is 0 Å². The molecule has 276 valence electrons. The second kappa shape index (κ2) is 12.2. The highest BCUT2D eigenvalue weighted by atomic mass is 32.2. The lowest BCUT2D eigenvalue weighted by atomic mass is 9.33. The fourth-order valence-corrected chi connectivity index (χ4v) is 15.7. The smallest absolute Gasteiger partial charge is 0.337 e. The first-order valence-electron chi connectivity index (χ1n) is 20.2. The molecule has 0 radical (unpaired) electrons. The molecule has 6 nitrogen and oxygen atoms in total. The molecule has 7 aliphatic rings. The van der Waals surface area contributed by atoms with Crippen LogP contribution < -0.4 is 5.32 Å². The number of hydrogen-bond acceptors (Lipinski definition) is 6. The Morgan fingerprint density at radius 3 is 2.26 bits per heavy atom. The highest BCUT2D eigenvalue weighted by Crippen LogP contribution is 2.77. The van der Waals surface area contributed by atoms with Gasteiger partial charge in [0.2, 0.25) is 0 Å². The molecule has 0 amide bonds. The zero-order valence-electron chi connectivity index (χ0n) is 31.9. The quantitative estimate of drug-likeness (QED) is 0.290. The van der Waals surface area contributed by atoms with Crippen LogP contribution in [0.1, 0.15) is 121 Å². The van der Waals surface area contributed by atoms with Gasteiger partial charge in [0.25, 0.3) is 0 Å². The van der Waals surface area contributed by atoms with Crippen LogP contribution in [0.2, 0.25) is 0 Å². The van der Waals surface area contributed by atoms with E-state index in [0.717, 1.165) is 49.1 Å². The van der Waals surface area contributed by atoms with Crippen LogP contribution in [0.15, 0.2) is 30.3 Å².